The summed E-state index contributed by atoms with van der Waals surface area (Å²) in [7, 11) is -2.77. The SMILES string of the molecule is Cc1ccc(CN2CCC(N3CCS(=O)(=O)CC3)CC2)o1. The summed E-state index contributed by atoms with van der Waals surface area (Å²) >= 11 is 0. The van der Waals surface area contributed by atoms with Crippen LogP contribution in [0.15, 0.2) is 16.5 Å². The lowest BCUT2D eigenvalue weighted by molar-refractivity contribution is 0.106. The van der Waals surface area contributed by atoms with Crippen LogP contribution in [0.3, 0.4) is 0 Å². The van der Waals surface area contributed by atoms with Crippen molar-refractivity contribution >= 4 is 9.84 Å². The van der Waals surface area contributed by atoms with Gasteiger partial charge in [0, 0.05) is 32.2 Å². The molecule has 0 amide bonds. The molecule has 1 aromatic rings. The van der Waals surface area contributed by atoms with Crippen molar-refractivity contribution in [2.75, 3.05) is 37.7 Å². The van der Waals surface area contributed by atoms with Crippen LogP contribution in [0.2, 0.25) is 0 Å². The minimum absolute atomic E-state index is 0.332. The molecular formula is C15H24N2O3S. The molecule has 0 aliphatic carbocycles. The molecule has 2 aliphatic rings. The van der Waals surface area contributed by atoms with Gasteiger partial charge in [0.2, 0.25) is 0 Å². The number of nitrogens with zero attached hydrogens (tertiary/aromatic N) is 2. The van der Waals surface area contributed by atoms with Crippen LogP contribution in [0.5, 0.6) is 0 Å². The zero-order valence-electron chi connectivity index (χ0n) is 12.6. The van der Waals surface area contributed by atoms with E-state index in [0.717, 1.165) is 44.0 Å². The van der Waals surface area contributed by atoms with Crippen molar-refractivity contribution in [3.05, 3.63) is 23.7 Å². The van der Waals surface area contributed by atoms with Crippen molar-refractivity contribution in [1.29, 1.82) is 0 Å². The second-order valence-electron chi connectivity index (χ2n) is 6.21. The van der Waals surface area contributed by atoms with E-state index in [1.807, 2.05) is 13.0 Å². The van der Waals surface area contributed by atoms with Gasteiger partial charge in [0.25, 0.3) is 0 Å². The van der Waals surface area contributed by atoms with Gasteiger partial charge in [-0.25, -0.2) is 8.42 Å². The van der Waals surface area contributed by atoms with Gasteiger partial charge in [-0.1, -0.05) is 0 Å². The maximum absolute atomic E-state index is 11.5. The molecule has 0 unspecified atom stereocenters. The average Bonchev–Trinajstić information content (AvgIpc) is 2.85. The molecule has 0 aromatic carbocycles. The van der Waals surface area contributed by atoms with Crippen LogP contribution in [0.25, 0.3) is 0 Å². The largest absolute Gasteiger partial charge is 0.465 e. The van der Waals surface area contributed by atoms with Crippen LogP contribution in [0.4, 0.5) is 0 Å². The molecule has 0 bridgehead atoms. The van der Waals surface area contributed by atoms with Gasteiger partial charge in [-0.15, -0.1) is 0 Å². The Kier molecular flexibility index (Phi) is 4.38. The first-order valence-corrected chi connectivity index (χ1v) is 9.56. The zero-order valence-corrected chi connectivity index (χ0v) is 13.4. The van der Waals surface area contributed by atoms with E-state index in [1.54, 1.807) is 0 Å². The molecule has 1 aromatic heterocycles. The van der Waals surface area contributed by atoms with E-state index in [1.165, 1.54) is 0 Å². The van der Waals surface area contributed by atoms with Crippen LogP contribution in [-0.4, -0.2) is 61.9 Å². The van der Waals surface area contributed by atoms with Gasteiger partial charge >= 0.3 is 0 Å². The number of rotatable bonds is 3. The molecule has 21 heavy (non-hydrogen) atoms. The van der Waals surface area contributed by atoms with Crippen molar-refractivity contribution in [3.8, 4) is 0 Å². The highest BCUT2D eigenvalue weighted by Crippen LogP contribution is 2.20. The second kappa shape index (κ2) is 6.10. The number of sulfone groups is 1. The van der Waals surface area contributed by atoms with Gasteiger partial charge < -0.3 is 4.42 Å². The van der Waals surface area contributed by atoms with Crippen molar-refractivity contribution in [1.82, 2.24) is 9.80 Å². The third-order valence-electron chi connectivity index (χ3n) is 4.63. The molecule has 0 radical (unpaired) electrons. The Balaban J connectivity index is 1.47. The number of aryl methyl sites for hydroxylation is 1. The Labute approximate surface area is 126 Å². The number of hydrogen-bond acceptors (Lipinski definition) is 5. The smallest absolute Gasteiger partial charge is 0.152 e. The molecule has 2 saturated heterocycles. The topological polar surface area (TPSA) is 53.8 Å². The summed E-state index contributed by atoms with van der Waals surface area (Å²) in [5, 5.41) is 0. The highest BCUT2D eigenvalue weighted by atomic mass is 32.2. The first kappa shape index (κ1) is 15.1. The highest BCUT2D eigenvalue weighted by molar-refractivity contribution is 7.91. The van der Waals surface area contributed by atoms with Crippen molar-refractivity contribution in [3.63, 3.8) is 0 Å². The van der Waals surface area contributed by atoms with Crippen LogP contribution in [-0.2, 0) is 16.4 Å². The third kappa shape index (κ3) is 3.87. The summed E-state index contributed by atoms with van der Waals surface area (Å²) < 4.78 is 28.6. The predicted molar refractivity (Wildman–Crippen MR) is 82.0 cm³/mol. The van der Waals surface area contributed by atoms with Gasteiger partial charge in [-0.05, 0) is 31.9 Å². The summed E-state index contributed by atoms with van der Waals surface area (Å²) in [5.41, 5.74) is 0. The Bertz CT molecular complexity index is 559. The Morgan fingerprint density at radius 3 is 2.38 bits per heavy atom. The number of hydrogen-bond donors (Lipinski definition) is 0. The first-order chi connectivity index (χ1) is 10.0. The number of likely N-dealkylation sites (tertiary alicyclic amines) is 1. The molecule has 0 saturated carbocycles. The summed E-state index contributed by atoms with van der Waals surface area (Å²) in [6.45, 7) is 6.41. The summed E-state index contributed by atoms with van der Waals surface area (Å²) in [6, 6.07) is 4.61. The first-order valence-electron chi connectivity index (χ1n) is 7.74. The van der Waals surface area contributed by atoms with Crippen LogP contribution in [0.1, 0.15) is 24.4 Å². The van der Waals surface area contributed by atoms with E-state index in [-0.39, 0.29) is 0 Å². The van der Waals surface area contributed by atoms with Crippen LogP contribution in [0, 0.1) is 6.92 Å². The van der Waals surface area contributed by atoms with Gasteiger partial charge in [-0.3, -0.25) is 9.80 Å². The molecule has 0 N–H and O–H groups in total. The van der Waals surface area contributed by atoms with Gasteiger partial charge in [0.05, 0.1) is 18.1 Å². The molecule has 2 fully saturated rings. The second-order valence-corrected chi connectivity index (χ2v) is 8.51. The Morgan fingerprint density at radius 1 is 1.14 bits per heavy atom. The molecule has 3 heterocycles. The predicted octanol–water partition coefficient (Wildman–Crippen LogP) is 1.28. The molecule has 6 heteroatoms. The minimum atomic E-state index is -2.77. The third-order valence-corrected chi connectivity index (χ3v) is 6.24. The van der Waals surface area contributed by atoms with Crippen LogP contribution < -0.4 is 0 Å². The van der Waals surface area contributed by atoms with Crippen molar-refractivity contribution in [2.45, 2.75) is 32.4 Å². The normalized spacial score (nSPS) is 25.2. The van der Waals surface area contributed by atoms with E-state index < -0.39 is 9.84 Å². The maximum atomic E-state index is 11.5. The highest BCUT2D eigenvalue weighted by Gasteiger charge is 2.29. The number of piperidine rings is 1. The van der Waals surface area contributed by atoms with E-state index >= 15 is 0 Å². The van der Waals surface area contributed by atoms with Crippen molar-refractivity contribution in [2.24, 2.45) is 0 Å². The van der Waals surface area contributed by atoms with Crippen LogP contribution >= 0.6 is 0 Å². The van der Waals surface area contributed by atoms with Crippen molar-refractivity contribution < 1.29 is 12.8 Å². The molecule has 2 aliphatic heterocycles. The van der Waals surface area contributed by atoms with E-state index in [2.05, 4.69) is 15.9 Å². The van der Waals surface area contributed by atoms with Gasteiger partial charge in [0.1, 0.15) is 11.5 Å². The molecule has 0 spiro atoms. The molecule has 118 valence electrons. The fourth-order valence-corrected chi connectivity index (χ4v) is 4.55. The summed E-state index contributed by atoms with van der Waals surface area (Å²) in [5.74, 6) is 2.67. The maximum Gasteiger partial charge on any atom is 0.152 e. The molecule has 0 atom stereocenters. The number of furan rings is 1. The monoisotopic (exact) mass is 312 g/mol. The lowest BCUT2D eigenvalue weighted by atomic mass is 10.0. The summed E-state index contributed by atoms with van der Waals surface area (Å²) in [4.78, 5) is 4.80. The van der Waals surface area contributed by atoms with E-state index in [4.69, 9.17) is 4.42 Å². The lowest BCUT2D eigenvalue weighted by Gasteiger charge is -2.39. The Hall–Kier alpha value is -0.850. The minimum Gasteiger partial charge on any atom is -0.465 e. The van der Waals surface area contributed by atoms with Gasteiger partial charge in [0.15, 0.2) is 9.84 Å². The van der Waals surface area contributed by atoms with Gasteiger partial charge in [-0.2, -0.15) is 0 Å². The summed E-state index contributed by atoms with van der Waals surface area (Å²) in [6.07, 6.45) is 2.25. The molecule has 3 rings (SSSR count). The fraction of sp³-hybridized carbons (Fsp3) is 0.733. The standard InChI is InChI=1S/C15H24N2O3S/c1-13-2-3-15(20-13)12-16-6-4-14(5-7-16)17-8-10-21(18,19)11-9-17/h2-3,14H,4-12H2,1H3. The van der Waals surface area contributed by atoms with E-state index in [0.29, 0.717) is 30.6 Å². The Morgan fingerprint density at radius 2 is 1.81 bits per heavy atom. The molecule has 5 nitrogen and oxygen atoms in total. The molecular weight excluding hydrogens is 288 g/mol. The average molecular weight is 312 g/mol. The zero-order chi connectivity index (χ0) is 14.9. The van der Waals surface area contributed by atoms with E-state index in [9.17, 15) is 8.42 Å². The lowest BCUT2D eigenvalue weighted by Crippen LogP contribution is -2.50. The quantitative estimate of drug-likeness (QED) is 0.841. The fourth-order valence-electron chi connectivity index (χ4n) is 3.32.